The molecule has 0 spiro atoms. The Morgan fingerprint density at radius 2 is 1.89 bits per heavy atom. The molecule has 0 fully saturated rings. The van der Waals surface area contributed by atoms with Gasteiger partial charge >= 0.3 is 0 Å². The van der Waals surface area contributed by atoms with Crippen LogP contribution in [-0.4, -0.2) is 16.4 Å². The van der Waals surface area contributed by atoms with Gasteiger partial charge in [-0.15, -0.1) is 0 Å². The maximum atomic E-state index is 5.71. The molecule has 1 aromatic carbocycles. The van der Waals surface area contributed by atoms with E-state index in [-0.39, 0.29) is 5.41 Å². The van der Waals surface area contributed by atoms with Crippen molar-refractivity contribution in [1.82, 2.24) is 9.78 Å². The first-order valence-electron chi connectivity index (χ1n) is 6.22. The second-order valence-corrected chi connectivity index (χ2v) is 5.71. The first-order valence-corrected chi connectivity index (χ1v) is 6.22. The van der Waals surface area contributed by atoms with E-state index in [0.717, 1.165) is 12.3 Å². The lowest BCUT2D eigenvalue weighted by atomic mass is 9.99. The summed E-state index contributed by atoms with van der Waals surface area (Å²) in [5.41, 5.74) is 1.41. The highest BCUT2D eigenvalue weighted by atomic mass is 16.5. The molecule has 3 heteroatoms. The van der Waals surface area contributed by atoms with Crippen molar-refractivity contribution in [1.29, 1.82) is 0 Å². The lowest BCUT2D eigenvalue weighted by Crippen LogP contribution is -2.16. The molecule has 1 aromatic heterocycles. The van der Waals surface area contributed by atoms with Crippen LogP contribution in [0.15, 0.2) is 42.7 Å². The van der Waals surface area contributed by atoms with E-state index in [1.54, 1.807) is 6.20 Å². The highest BCUT2D eigenvalue weighted by Gasteiger charge is 2.11. The zero-order chi connectivity index (χ0) is 13.0. The molecule has 0 amide bonds. The van der Waals surface area contributed by atoms with E-state index in [9.17, 15) is 0 Å². The van der Waals surface area contributed by atoms with Crippen LogP contribution >= 0.6 is 0 Å². The van der Waals surface area contributed by atoms with Crippen molar-refractivity contribution in [3.8, 4) is 5.75 Å². The number of hydrogen-bond acceptors (Lipinski definition) is 2. The molecule has 0 atom stereocenters. The zero-order valence-corrected chi connectivity index (χ0v) is 11.3. The summed E-state index contributed by atoms with van der Waals surface area (Å²) in [4.78, 5) is 0. The highest BCUT2D eigenvalue weighted by molar-refractivity contribution is 5.17. The third-order valence-corrected chi connectivity index (χ3v) is 2.47. The summed E-state index contributed by atoms with van der Waals surface area (Å²) < 4.78 is 7.60. The summed E-state index contributed by atoms with van der Waals surface area (Å²) >= 11 is 0. The summed E-state index contributed by atoms with van der Waals surface area (Å²) in [6, 6.07) is 10.3. The van der Waals surface area contributed by atoms with E-state index in [1.165, 1.54) is 5.56 Å². The second-order valence-electron chi connectivity index (χ2n) is 5.71. The van der Waals surface area contributed by atoms with Gasteiger partial charge in [0.05, 0.1) is 25.5 Å². The van der Waals surface area contributed by atoms with Crippen molar-refractivity contribution in [2.24, 2.45) is 5.41 Å². The van der Waals surface area contributed by atoms with Gasteiger partial charge in [-0.3, -0.25) is 4.68 Å². The van der Waals surface area contributed by atoms with E-state index in [1.807, 2.05) is 29.1 Å². The van der Waals surface area contributed by atoms with Crippen LogP contribution in [0.5, 0.6) is 5.75 Å². The molecule has 0 saturated heterocycles. The molecule has 0 N–H and O–H groups in total. The Morgan fingerprint density at radius 3 is 2.56 bits per heavy atom. The Hall–Kier alpha value is -1.77. The fourth-order valence-corrected chi connectivity index (χ4v) is 1.58. The first kappa shape index (κ1) is 12.7. The Balaban J connectivity index is 1.94. The molecule has 1 heterocycles. The SMILES string of the molecule is CC(C)(C)COc1cnn(Cc2ccccc2)c1. The Kier molecular flexibility index (Phi) is 3.70. The van der Waals surface area contributed by atoms with Crippen molar-refractivity contribution >= 4 is 0 Å². The van der Waals surface area contributed by atoms with E-state index in [2.05, 4.69) is 38.0 Å². The number of aromatic nitrogens is 2. The summed E-state index contributed by atoms with van der Waals surface area (Å²) in [7, 11) is 0. The van der Waals surface area contributed by atoms with Gasteiger partial charge in [0.1, 0.15) is 0 Å². The predicted molar refractivity (Wildman–Crippen MR) is 72.7 cm³/mol. The maximum absolute atomic E-state index is 5.71. The van der Waals surface area contributed by atoms with Gasteiger partial charge in [0.25, 0.3) is 0 Å². The molecule has 3 nitrogen and oxygen atoms in total. The number of nitrogens with zero attached hydrogens (tertiary/aromatic N) is 2. The van der Waals surface area contributed by atoms with Gasteiger partial charge in [0.15, 0.2) is 5.75 Å². The quantitative estimate of drug-likeness (QED) is 0.824. The van der Waals surface area contributed by atoms with Crippen LogP contribution in [0.3, 0.4) is 0 Å². The molecule has 96 valence electrons. The first-order chi connectivity index (χ1) is 8.53. The monoisotopic (exact) mass is 244 g/mol. The van der Waals surface area contributed by atoms with Crippen LogP contribution in [0.4, 0.5) is 0 Å². The average molecular weight is 244 g/mol. The van der Waals surface area contributed by atoms with Gasteiger partial charge in [-0.2, -0.15) is 5.10 Å². The lowest BCUT2D eigenvalue weighted by Gasteiger charge is -2.17. The average Bonchev–Trinajstić information content (AvgIpc) is 2.75. The van der Waals surface area contributed by atoms with Gasteiger partial charge < -0.3 is 4.74 Å². The molecule has 18 heavy (non-hydrogen) atoms. The predicted octanol–water partition coefficient (Wildman–Crippen LogP) is 3.36. The van der Waals surface area contributed by atoms with Crippen LogP contribution in [0.1, 0.15) is 26.3 Å². The molecule has 0 bridgehead atoms. The summed E-state index contributed by atoms with van der Waals surface area (Å²) in [5.74, 6) is 0.834. The Bertz CT molecular complexity index is 483. The van der Waals surface area contributed by atoms with Crippen LogP contribution in [0.25, 0.3) is 0 Å². The summed E-state index contributed by atoms with van der Waals surface area (Å²) in [6.07, 6.45) is 3.72. The minimum atomic E-state index is 0.168. The van der Waals surface area contributed by atoms with Gasteiger partial charge in [0, 0.05) is 0 Å². The molecule has 2 rings (SSSR count). The Labute approximate surface area is 108 Å². The normalized spacial score (nSPS) is 11.5. The third kappa shape index (κ3) is 3.91. The molecule has 0 aliphatic carbocycles. The van der Waals surface area contributed by atoms with Crippen molar-refractivity contribution in [2.45, 2.75) is 27.3 Å². The molecule has 0 radical (unpaired) electrons. The van der Waals surface area contributed by atoms with E-state index in [4.69, 9.17) is 4.74 Å². The number of rotatable bonds is 4. The van der Waals surface area contributed by atoms with Crippen molar-refractivity contribution < 1.29 is 4.74 Å². The minimum absolute atomic E-state index is 0.168. The standard InChI is InChI=1S/C15H20N2O/c1-15(2,3)12-18-14-9-16-17(11-14)10-13-7-5-4-6-8-13/h4-9,11H,10,12H2,1-3H3. The van der Waals surface area contributed by atoms with Gasteiger partial charge in [0.2, 0.25) is 0 Å². The molecule has 0 aliphatic heterocycles. The molecule has 0 unspecified atom stereocenters. The molecular formula is C15H20N2O. The fourth-order valence-electron chi connectivity index (χ4n) is 1.58. The van der Waals surface area contributed by atoms with Crippen LogP contribution in [0.2, 0.25) is 0 Å². The third-order valence-electron chi connectivity index (χ3n) is 2.47. The zero-order valence-electron chi connectivity index (χ0n) is 11.3. The van der Waals surface area contributed by atoms with E-state index >= 15 is 0 Å². The smallest absolute Gasteiger partial charge is 0.157 e. The van der Waals surface area contributed by atoms with E-state index in [0.29, 0.717) is 6.61 Å². The lowest BCUT2D eigenvalue weighted by molar-refractivity contribution is 0.198. The van der Waals surface area contributed by atoms with Gasteiger partial charge in [-0.1, -0.05) is 51.1 Å². The van der Waals surface area contributed by atoms with Crippen LogP contribution < -0.4 is 4.74 Å². The topological polar surface area (TPSA) is 27.1 Å². The summed E-state index contributed by atoms with van der Waals surface area (Å²) in [6.45, 7) is 7.94. The van der Waals surface area contributed by atoms with Crippen LogP contribution in [-0.2, 0) is 6.54 Å². The van der Waals surface area contributed by atoms with Crippen molar-refractivity contribution in [3.05, 3.63) is 48.3 Å². The number of benzene rings is 1. The highest BCUT2D eigenvalue weighted by Crippen LogP contribution is 2.17. The van der Waals surface area contributed by atoms with Crippen molar-refractivity contribution in [3.63, 3.8) is 0 Å². The fraction of sp³-hybridized carbons (Fsp3) is 0.400. The van der Waals surface area contributed by atoms with Gasteiger partial charge in [-0.05, 0) is 11.0 Å². The minimum Gasteiger partial charge on any atom is -0.490 e. The largest absolute Gasteiger partial charge is 0.490 e. The number of hydrogen-bond donors (Lipinski definition) is 0. The summed E-state index contributed by atoms with van der Waals surface area (Å²) in [5, 5.41) is 4.30. The second kappa shape index (κ2) is 5.25. The molecule has 2 aromatic rings. The molecular weight excluding hydrogens is 224 g/mol. The van der Waals surface area contributed by atoms with Gasteiger partial charge in [-0.25, -0.2) is 0 Å². The van der Waals surface area contributed by atoms with Crippen molar-refractivity contribution in [2.75, 3.05) is 6.61 Å². The van der Waals surface area contributed by atoms with E-state index < -0.39 is 0 Å². The number of ether oxygens (including phenoxy) is 1. The maximum Gasteiger partial charge on any atom is 0.157 e. The van der Waals surface area contributed by atoms with Crippen LogP contribution in [0, 0.1) is 5.41 Å². The Morgan fingerprint density at radius 1 is 1.17 bits per heavy atom. The molecule has 0 aliphatic rings. The molecule has 0 saturated carbocycles.